The van der Waals surface area contributed by atoms with Crippen LogP contribution >= 0.6 is 0 Å². The van der Waals surface area contributed by atoms with Gasteiger partial charge in [-0.3, -0.25) is 0 Å². The van der Waals surface area contributed by atoms with Crippen molar-refractivity contribution < 1.29 is 9.90 Å². The summed E-state index contributed by atoms with van der Waals surface area (Å²) in [5.41, 5.74) is 2.77. The molecule has 0 amide bonds. The average molecular weight is 367 g/mol. The van der Waals surface area contributed by atoms with Gasteiger partial charge in [-0.25, -0.2) is 4.79 Å². The van der Waals surface area contributed by atoms with Gasteiger partial charge in [0.15, 0.2) is 0 Å². The van der Waals surface area contributed by atoms with E-state index in [4.69, 9.17) is 0 Å². The Kier molecular flexibility index (Phi) is 3.91. The van der Waals surface area contributed by atoms with E-state index in [9.17, 15) is 9.90 Å². The van der Waals surface area contributed by atoms with Gasteiger partial charge in [-0.2, -0.15) is 0 Å². The minimum absolute atomic E-state index is 0.418. The molecule has 6 rings (SSSR count). The predicted molar refractivity (Wildman–Crippen MR) is 107 cm³/mol. The molecular formula is C23H30N2O2. The summed E-state index contributed by atoms with van der Waals surface area (Å²) in [6, 6.07) is 8.47. The van der Waals surface area contributed by atoms with Crippen molar-refractivity contribution in [2.24, 2.45) is 30.2 Å². The van der Waals surface area contributed by atoms with Gasteiger partial charge in [-0.15, -0.1) is 0 Å². The van der Waals surface area contributed by atoms with Gasteiger partial charge in [0.25, 0.3) is 0 Å². The zero-order valence-corrected chi connectivity index (χ0v) is 16.4. The zero-order chi connectivity index (χ0) is 18.8. The van der Waals surface area contributed by atoms with Crippen LogP contribution in [0.15, 0.2) is 24.3 Å². The number of nitrogens with one attached hydrogen (secondary N) is 1. The molecule has 27 heavy (non-hydrogen) atoms. The second-order valence-corrected chi connectivity index (χ2v) is 9.59. The molecule has 0 aliphatic heterocycles. The van der Waals surface area contributed by atoms with Crippen molar-refractivity contribution in [3.05, 3.63) is 35.5 Å². The number of hydrogen-bond acceptors (Lipinski definition) is 2. The fourth-order valence-corrected chi connectivity index (χ4v) is 7.10. The van der Waals surface area contributed by atoms with Crippen LogP contribution in [0.1, 0.15) is 61.5 Å². The second-order valence-electron chi connectivity index (χ2n) is 9.59. The number of hydrogen-bond donors (Lipinski definition) is 2. The van der Waals surface area contributed by atoms with E-state index in [2.05, 4.69) is 12.2 Å². The third-order valence-electron chi connectivity index (χ3n) is 8.00. The summed E-state index contributed by atoms with van der Waals surface area (Å²) >= 11 is 0. The first kappa shape index (κ1) is 17.3. The third kappa shape index (κ3) is 2.64. The fourth-order valence-electron chi connectivity index (χ4n) is 7.10. The number of carbonyl (C=O) groups is 1. The molecule has 4 aliphatic rings. The molecule has 144 valence electrons. The first-order valence-electron chi connectivity index (χ1n) is 10.5. The molecular weight excluding hydrogens is 336 g/mol. The van der Waals surface area contributed by atoms with Gasteiger partial charge in [0.2, 0.25) is 0 Å². The van der Waals surface area contributed by atoms with E-state index in [1.54, 1.807) is 0 Å². The number of nitrogens with zero attached hydrogens (tertiary/aromatic N) is 1. The molecule has 0 radical (unpaired) electrons. The molecule has 1 heterocycles. The Balaban J connectivity index is 1.42. The van der Waals surface area contributed by atoms with E-state index >= 15 is 0 Å². The first-order chi connectivity index (χ1) is 13.0. The quantitative estimate of drug-likeness (QED) is 0.815. The van der Waals surface area contributed by atoms with Gasteiger partial charge in [0, 0.05) is 36.1 Å². The summed E-state index contributed by atoms with van der Waals surface area (Å²) < 4.78 is 1.82. The van der Waals surface area contributed by atoms with Crippen molar-refractivity contribution in [2.45, 2.75) is 58.0 Å². The van der Waals surface area contributed by atoms with Crippen LogP contribution in [0.25, 0.3) is 10.9 Å². The molecule has 1 atom stereocenters. The third-order valence-corrected chi connectivity index (χ3v) is 8.00. The van der Waals surface area contributed by atoms with E-state index in [-0.39, 0.29) is 0 Å². The van der Waals surface area contributed by atoms with E-state index in [1.807, 2.05) is 35.9 Å². The van der Waals surface area contributed by atoms with Gasteiger partial charge in [0.1, 0.15) is 5.69 Å². The molecule has 4 aliphatic carbocycles. The number of fused-ring (bicyclic) bond motifs is 1. The summed E-state index contributed by atoms with van der Waals surface area (Å²) in [5, 5.41) is 14.6. The van der Waals surface area contributed by atoms with Gasteiger partial charge < -0.3 is 15.0 Å². The van der Waals surface area contributed by atoms with Crippen LogP contribution in [-0.4, -0.2) is 21.7 Å². The Morgan fingerprint density at radius 2 is 1.78 bits per heavy atom. The minimum atomic E-state index is -0.840. The Morgan fingerprint density at radius 1 is 1.19 bits per heavy atom. The van der Waals surface area contributed by atoms with Gasteiger partial charge in [-0.1, -0.05) is 18.2 Å². The van der Waals surface area contributed by atoms with E-state index in [1.165, 1.54) is 38.5 Å². The van der Waals surface area contributed by atoms with Crippen LogP contribution in [-0.2, 0) is 13.6 Å². The Labute approximate surface area is 160 Å². The molecule has 0 spiro atoms. The van der Waals surface area contributed by atoms with Crippen LogP contribution in [0.2, 0.25) is 0 Å². The molecule has 4 saturated carbocycles. The normalized spacial score (nSPS) is 32.9. The first-order valence-corrected chi connectivity index (χ1v) is 10.5. The van der Waals surface area contributed by atoms with Crippen molar-refractivity contribution in [2.75, 3.05) is 0 Å². The van der Waals surface area contributed by atoms with Gasteiger partial charge in [-0.05, 0) is 74.7 Å². The van der Waals surface area contributed by atoms with E-state index in [0.29, 0.717) is 23.7 Å². The van der Waals surface area contributed by atoms with Crippen molar-refractivity contribution >= 4 is 16.9 Å². The predicted octanol–water partition coefficient (Wildman–Crippen LogP) is 4.57. The number of aromatic carboxylic acids is 1. The molecule has 4 fully saturated rings. The lowest BCUT2D eigenvalue weighted by atomic mass is 9.48. The maximum atomic E-state index is 11.9. The lowest BCUT2D eigenvalue weighted by Gasteiger charge is -2.59. The van der Waals surface area contributed by atoms with Gasteiger partial charge in [0.05, 0.1) is 0 Å². The molecule has 4 bridgehead atoms. The summed E-state index contributed by atoms with van der Waals surface area (Å²) in [7, 11) is 1.86. The molecule has 4 nitrogen and oxygen atoms in total. The largest absolute Gasteiger partial charge is 0.477 e. The number of carboxylic acid groups (broad SMARTS) is 1. The maximum absolute atomic E-state index is 11.9. The van der Waals surface area contributed by atoms with Crippen LogP contribution in [0.4, 0.5) is 0 Å². The molecule has 0 saturated heterocycles. The van der Waals surface area contributed by atoms with Crippen molar-refractivity contribution in [1.82, 2.24) is 9.88 Å². The Bertz CT molecular complexity index is 862. The number of carboxylic acids is 1. The standard InChI is InChI=1S/C23H30N2O2/c1-14(23-10-15-7-16(11-23)9-17(8-15)12-23)24-13-19-18-5-3-4-6-20(18)25(2)21(19)22(26)27/h3-6,14-17,24H,7-13H2,1-2H3,(H,26,27)/t14-,15?,16?,17?,23?/m0/s1. The monoisotopic (exact) mass is 366 g/mol. The van der Waals surface area contributed by atoms with Crippen molar-refractivity contribution in [3.63, 3.8) is 0 Å². The number of aryl methyl sites for hydroxylation is 1. The topological polar surface area (TPSA) is 54.3 Å². The van der Waals surface area contributed by atoms with Crippen molar-refractivity contribution in [1.29, 1.82) is 0 Å². The average Bonchev–Trinajstić information content (AvgIpc) is 2.91. The highest BCUT2D eigenvalue weighted by Gasteiger charge is 2.52. The molecule has 2 aromatic rings. The lowest BCUT2D eigenvalue weighted by molar-refractivity contribution is -0.0706. The molecule has 4 heteroatoms. The maximum Gasteiger partial charge on any atom is 0.352 e. The number of rotatable bonds is 5. The minimum Gasteiger partial charge on any atom is -0.477 e. The summed E-state index contributed by atoms with van der Waals surface area (Å²) in [5.74, 6) is 1.97. The van der Waals surface area contributed by atoms with Crippen LogP contribution < -0.4 is 5.32 Å². The summed E-state index contributed by atoms with van der Waals surface area (Å²) in [6.45, 7) is 2.98. The zero-order valence-electron chi connectivity index (χ0n) is 16.4. The Morgan fingerprint density at radius 3 is 2.37 bits per heavy atom. The van der Waals surface area contributed by atoms with Gasteiger partial charge >= 0.3 is 5.97 Å². The Hall–Kier alpha value is -1.81. The van der Waals surface area contributed by atoms with E-state index in [0.717, 1.165) is 34.2 Å². The molecule has 1 aromatic carbocycles. The van der Waals surface area contributed by atoms with E-state index < -0.39 is 5.97 Å². The smallest absolute Gasteiger partial charge is 0.352 e. The fraction of sp³-hybridized carbons (Fsp3) is 0.609. The van der Waals surface area contributed by atoms with Crippen LogP contribution in [0.3, 0.4) is 0 Å². The highest BCUT2D eigenvalue weighted by atomic mass is 16.4. The summed E-state index contributed by atoms with van der Waals surface area (Å²) in [6.07, 6.45) is 8.48. The van der Waals surface area contributed by atoms with Crippen LogP contribution in [0, 0.1) is 23.2 Å². The SMILES string of the molecule is C[C@H](NCc1c(C(=O)O)n(C)c2ccccc12)C12CC3CC(CC(C3)C1)C2. The van der Waals surface area contributed by atoms with Crippen LogP contribution in [0.5, 0.6) is 0 Å². The molecule has 0 unspecified atom stereocenters. The number of benzene rings is 1. The highest BCUT2D eigenvalue weighted by Crippen LogP contribution is 2.61. The summed E-state index contributed by atoms with van der Waals surface area (Å²) in [4.78, 5) is 11.9. The lowest BCUT2D eigenvalue weighted by Crippen LogP contribution is -2.54. The number of aromatic nitrogens is 1. The molecule has 1 aromatic heterocycles. The number of para-hydroxylation sites is 1. The van der Waals surface area contributed by atoms with Crippen molar-refractivity contribution in [3.8, 4) is 0 Å². The second kappa shape index (κ2) is 6.10. The highest BCUT2D eigenvalue weighted by molar-refractivity contribution is 5.98. The molecule has 2 N–H and O–H groups in total.